The number of rotatable bonds is 0. The number of hydrogen-bond donors (Lipinski definition) is 2. The molecule has 3 aromatic rings. The monoisotopic (exact) mass is 362 g/mol. The molecule has 0 saturated heterocycles. The van der Waals surface area contributed by atoms with E-state index < -0.39 is 0 Å². The Kier molecular flexibility index (Phi) is 4.39. The molecule has 8 heteroatoms. The van der Waals surface area contributed by atoms with Crippen molar-refractivity contribution in [3.63, 3.8) is 0 Å². The van der Waals surface area contributed by atoms with Gasteiger partial charge < -0.3 is 11.5 Å². The molecule has 0 atom stereocenters. The Hall–Kier alpha value is -0.890. The largest absolute Gasteiger partial charge is 0.375 e. The van der Waals surface area contributed by atoms with Gasteiger partial charge in [0.1, 0.15) is 5.52 Å². The number of halogens is 2. The van der Waals surface area contributed by atoms with Crippen LogP contribution in [0.3, 0.4) is 0 Å². The van der Waals surface area contributed by atoms with Crippen molar-refractivity contribution in [3.8, 4) is 0 Å². The van der Waals surface area contributed by atoms with E-state index in [1.54, 1.807) is 6.20 Å². The summed E-state index contributed by atoms with van der Waals surface area (Å²) in [5.41, 5.74) is 11.6. The fraction of sp³-hybridized carbons (Fsp3) is 0. The third-order valence-corrected chi connectivity index (χ3v) is 4.34. The highest BCUT2D eigenvalue weighted by molar-refractivity contribution is 9.11. The van der Waals surface area contributed by atoms with Crippen LogP contribution in [0.15, 0.2) is 28.2 Å². The second-order valence-corrected chi connectivity index (χ2v) is 7.05. The lowest BCUT2D eigenvalue weighted by Gasteiger charge is -1.87. The van der Waals surface area contributed by atoms with E-state index in [2.05, 4.69) is 25.9 Å². The van der Waals surface area contributed by atoms with Crippen molar-refractivity contribution < 1.29 is 0 Å². The smallest absolute Gasteiger partial charge is 0.181 e. The van der Waals surface area contributed by atoms with E-state index in [1.165, 1.54) is 22.7 Å². The second-order valence-electron chi connectivity index (χ2n) is 3.14. The van der Waals surface area contributed by atoms with E-state index in [0.717, 1.165) is 14.0 Å². The number of benzene rings is 1. The predicted molar refractivity (Wildman–Crippen MR) is 83.3 cm³/mol. The minimum absolute atomic E-state index is 0.563. The lowest BCUT2D eigenvalue weighted by Crippen LogP contribution is -1.79. The van der Waals surface area contributed by atoms with Crippen molar-refractivity contribution in [2.24, 2.45) is 0 Å². The Morgan fingerprint density at radius 1 is 1.17 bits per heavy atom. The Bertz CT molecular complexity index is 650. The van der Waals surface area contributed by atoms with E-state index in [1.807, 2.05) is 18.2 Å². The van der Waals surface area contributed by atoms with Crippen molar-refractivity contribution in [1.82, 2.24) is 9.97 Å². The van der Waals surface area contributed by atoms with Gasteiger partial charge in [0.25, 0.3) is 0 Å². The van der Waals surface area contributed by atoms with Crippen LogP contribution in [0.2, 0.25) is 5.02 Å². The first-order chi connectivity index (χ1) is 8.56. The van der Waals surface area contributed by atoms with Crippen LogP contribution in [0.5, 0.6) is 0 Å². The van der Waals surface area contributed by atoms with Gasteiger partial charge in [0.15, 0.2) is 10.3 Å². The highest BCUT2D eigenvalue weighted by Gasteiger charge is 2.02. The van der Waals surface area contributed by atoms with Gasteiger partial charge in [0.2, 0.25) is 0 Å². The molecule has 0 bridgehead atoms. The van der Waals surface area contributed by atoms with Crippen LogP contribution in [0.1, 0.15) is 0 Å². The fourth-order valence-electron chi connectivity index (χ4n) is 1.20. The normalized spacial score (nSPS) is 10.1. The number of aromatic nitrogens is 2. The van der Waals surface area contributed by atoms with Gasteiger partial charge in [-0.3, -0.25) is 0 Å². The molecule has 0 saturated carbocycles. The van der Waals surface area contributed by atoms with Crippen LogP contribution >= 0.6 is 50.2 Å². The summed E-state index contributed by atoms with van der Waals surface area (Å²) >= 11 is 11.9. The molecule has 0 fully saturated rings. The molecule has 2 heterocycles. The van der Waals surface area contributed by atoms with Crippen LogP contribution in [-0.2, 0) is 0 Å². The summed E-state index contributed by atoms with van der Waals surface area (Å²) in [7, 11) is 0. The molecule has 0 unspecified atom stereocenters. The maximum absolute atomic E-state index is 5.86. The summed E-state index contributed by atoms with van der Waals surface area (Å²) in [4.78, 5) is 7.84. The summed E-state index contributed by atoms with van der Waals surface area (Å²) in [6, 6.07) is 5.65. The average molecular weight is 364 g/mol. The molecule has 18 heavy (non-hydrogen) atoms. The third kappa shape index (κ3) is 3.32. The van der Waals surface area contributed by atoms with E-state index >= 15 is 0 Å². The zero-order valence-electron chi connectivity index (χ0n) is 8.93. The lowest BCUT2D eigenvalue weighted by atomic mass is 10.3. The van der Waals surface area contributed by atoms with Crippen LogP contribution in [0.4, 0.5) is 10.3 Å². The van der Waals surface area contributed by atoms with Gasteiger partial charge in [-0.05, 0) is 28.1 Å². The minimum Gasteiger partial charge on any atom is -0.375 e. The third-order valence-electron chi connectivity index (χ3n) is 1.88. The molecule has 0 aliphatic heterocycles. The number of nitrogens with two attached hydrogens (primary N) is 2. The molecule has 0 amide bonds. The summed E-state index contributed by atoms with van der Waals surface area (Å²) in [5.74, 6) is 0. The zero-order valence-corrected chi connectivity index (χ0v) is 12.9. The first kappa shape index (κ1) is 13.5. The standard InChI is InChI=1S/C7H5ClN2S.C3H3BrN2S/c8-4-2-1-3-5-6(4)10-7(9)11-5;4-2-1-6-3(5)7-2/h1-3H,(H2,9,10);1H,(H2,5,6). The SMILES string of the molecule is Nc1nc2c(Cl)cccc2s1.Nc1ncc(Br)s1. The molecular weight excluding hydrogens is 356 g/mol. The van der Waals surface area contributed by atoms with Gasteiger partial charge in [0, 0.05) is 0 Å². The molecule has 4 N–H and O–H groups in total. The number of anilines is 2. The van der Waals surface area contributed by atoms with Gasteiger partial charge in [-0.25, -0.2) is 9.97 Å². The Labute approximate surface area is 125 Å². The van der Waals surface area contributed by atoms with Crippen LogP contribution in [0, 0.1) is 0 Å². The first-order valence-corrected chi connectivity index (χ1v) is 7.54. The fourth-order valence-corrected chi connectivity index (χ4v) is 3.24. The summed E-state index contributed by atoms with van der Waals surface area (Å²) < 4.78 is 2.01. The van der Waals surface area contributed by atoms with Crippen LogP contribution in [-0.4, -0.2) is 9.97 Å². The first-order valence-electron chi connectivity index (χ1n) is 4.73. The maximum atomic E-state index is 5.86. The van der Waals surface area contributed by atoms with Gasteiger partial charge in [-0.15, -0.1) is 0 Å². The van der Waals surface area contributed by atoms with E-state index in [-0.39, 0.29) is 0 Å². The number of hydrogen-bond acceptors (Lipinski definition) is 6. The zero-order chi connectivity index (χ0) is 13.1. The van der Waals surface area contributed by atoms with Crippen molar-refractivity contribution in [3.05, 3.63) is 33.2 Å². The van der Waals surface area contributed by atoms with Gasteiger partial charge in [-0.2, -0.15) is 0 Å². The van der Waals surface area contributed by atoms with Gasteiger partial charge >= 0.3 is 0 Å². The molecule has 4 nitrogen and oxygen atoms in total. The van der Waals surface area contributed by atoms with Crippen molar-refractivity contribution >= 4 is 70.7 Å². The van der Waals surface area contributed by atoms with Gasteiger partial charge in [-0.1, -0.05) is 40.3 Å². The van der Waals surface area contributed by atoms with Crippen molar-refractivity contribution in [2.45, 2.75) is 0 Å². The minimum atomic E-state index is 0.563. The molecule has 0 aliphatic rings. The predicted octanol–water partition coefficient (Wildman–Crippen LogP) is 4.02. The Morgan fingerprint density at radius 3 is 2.44 bits per heavy atom. The molecule has 0 aliphatic carbocycles. The molecule has 3 rings (SSSR count). The molecule has 0 radical (unpaired) electrons. The Morgan fingerprint density at radius 2 is 1.94 bits per heavy atom. The molecule has 1 aromatic carbocycles. The quantitative estimate of drug-likeness (QED) is 0.632. The maximum Gasteiger partial charge on any atom is 0.181 e. The molecule has 2 aromatic heterocycles. The van der Waals surface area contributed by atoms with Crippen molar-refractivity contribution in [2.75, 3.05) is 11.5 Å². The number of nitrogens with zero attached hydrogens (tertiary/aromatic N) is 2. The highest BCUT2D eigenvalue weighted by Crippen LogP contribution is 2.28. The van der Waals surface area contributed by atoms with E-state index in [4.69, 9.17) is 23.1 Å². The van der Waals surface area contributed by atoms with Crippen LogP contribution in [0.25, 0.3) is 10.2 Å². The Balaban J connectivity index is 0.000000149. The summed E-state index contributed by atoms with van der Waals surface area (Å²) in [6.45, 7) is 0. The number of nitrogen functional groups attached to an aromatic ring is 2. The number of para-hydroxylation sites is 1. The molecule has 0 spiro atoms. The average Bonchev–Trinajstić information content (AvgIpc) is 2.86. The van der Waals surface area contributed by atoms with E-state index in [9.17, 15) is 0 Å². The van der Waals surface area contributed by atoms with E-state index in [0.29, 0.717) is 15.3 Å². The summed E-state index contributed by atoms with van der Waals surface area (Å²) in [5, 5.41) is 1.83. The second kappa shape index (κ2) is 5.83. The van der Waals surface area contributed by atoms with Gasteiger partial charge in [0.05, 0.1) is 19.7 Å². The molecule has 94 valence electrons. The molecular formula is C10H8BrClN4S2. The highest BCUT2D eigenvalue weighted by atomic mass is 79.9. The number of fused-ring (bicyclic) bond motifs is 1. The topological polar surface area (TPSA) is 77.8 Å². The summed E-state index contributed by atoms with van der Waals surface area (Å²) in [6.07, 6.45) is 1.68. The van der Waals surface area contributed by atoms with Crippen LogP contribution < -0.4 is 11.5 Å². The lowest BCUT2D eigenvalue weighted by molar-refractivity contribution is 1.42. The number of thiazole rings is 2. The van der Waals surface area contributed by atoms with Crippen molar-refractivity contribution in [1.29, 1.82) is 0 Å².